The van der Waals surface area contributed by atoms with Gasteiger partial charge in [0.1, 0.15) is 16.4 Å². The quantitative estimate of drug-likeness (QED) is 0.591. The smallest absolute Gasteiger partial charge is 0.247 e. The first-order valence-corrected chi connectivity index (χ1v) is 10.7. The zero-order valence-corrected chi connectivity index (χ0v) is 15.5. The number of ether oxygens (including phenoxy) is 2. The van der Waals surface area contributed by atoms with Crippen molar-refractivity contribution in [1.29, 1.82) is 0 Å². The Balaban J connectivity index is 2.54. The molecule has 2 rings (SSSR count). The number of hydrogen-bond donors (Lipinski definition) is 2. The van der Waals surface area contributed by atoms with Gasteiger partial charge in [0.05, 0.1) is 44.5 Å². The minimum atomic E-state index is -4.26. The predicted molar refractivity (Wildman–Crippen MR) is 89.0 cm³/mol. The van der Waals surface area contributed by atoms with Gasteiger partial charge in [0.15, 0.2) is 9.84 Å². The lowest BCUT2D eigenvalue weighted by Gasteiger charge is -2.29. The molecule has 1 saturated heterocycles. The van der Waals surface area contributed by atoms with Gasteiger partial charge in [0.25, 0.3) is 0 Å². The van der Waals surface area contributed by atoms with Crippen molar-refractivity contribution in [2.75, 3.05) is 38.9 Å². The third kappa shape index (κ3) is 4.06. The lowest BCUT2D eigenvalue weighted by molar-refractivity contribution is 0.117. The molecule has 0 radical (unpaired) electrons. The van der Waals surface area contributed by atoms with Crippen LogP contribution in [0.1, 0.15) is 0 Å². The van der Waals surface area contributed by atoms with E-state index in [-0.39, 0.29) is 22.9 Å². The van der Waals surface area contributed by atoms with E-state index in [1.165, 1.54) is 32.4 Å². The first-order valence-electron chi connectivity index (χ1n) is 7.39. The van der Waals surface area contributed by atoms with Crippen LogP contribution in [0.15, 0.2) is 23.1 Å². The Morgan fingerprint density at radius 3 is 2.40 bits per heavy atom. The van der Waals surface area contributed by atoms with Crippen LogP contribution in [0.3, 0.4) is 0 Å². The predicted octanol–water partition coefficient (Wildman–Crippen LogP) is -1.16. The number of methoxy groups -OCH3 is 2. The van der Waals surface area contributed by atoms with Crippen LogP contribution in [0.4, 0.5) is 0 Å². The molecule has 0 saturated carbocycles. The van der Waals surface area contributed by atoms with E-state index in [4.69, 9.17) is 9.47 Å². The van der Waals surface area contributed by atoms with Crippen LogP contribution in [0.25, 0.3) is 0 Å². The lowest BCUT2D eigenvalue weighted by Crippen LogP contribution is -2.47. The van der Waals surface area contributed by atoms with Crippen molar-refractivity contribution in [3.63, 3.8) is 0 Å². The second-order valence-corrected chi connectivity index (χ2v) is 9.58. The summed E-state index contributed by atoms with van der Waals surface area (Å²) < 4.78 is 60.6. The number of sulfone groups is 1. The number of benzene rings is 1. The van der Waals surface area contributed by atoms with E-state index in [0.717, 1.165) is 4.31 Å². The molecule has 11 heteroatoms. The van der Waals surface area contributed by atoms with E-state index in [9.17, 15) is 27.0 Å². The van der Waals surface area contributed by atoms with Crippen molar-refractivity contribution in [3.8, 4) is 11.5 Å². The van der Waals surface area contributed by atoms with Crippen molar-refractivity contribution in [2.24, 2.45) is 0 Å². The molecule has 1 aromatic rings. The van der Waals surface area contributed by atoms with E-state index in [1.807, 2.05) is 0 Å². The molecule has 1 heterocycles. The Kier molecular flexibility index (Phi) is 5.94. The van der Waals surface area contributed by atoms with Crippen molar-refractivity contribution < 1.29 is 36.5 Å². The second kappa shape index (κ2) is 7.46. The van der Waals surface area contributed by atoms with E-state index >= 15 is 0 Å². The minimum absolute atomic E-state index is 0.0408. The third-order valence-corrected chi connectivity index (χ3v) is 7.59. The molecule has 0 unspecified atom stereocenters. The zero-order valence-electron chi connectivity index (χ0n) is 13.8. The lowest BCUT2D eigenvalue weighted by atomic mass is 10.2. The monoisotopic (exact) mass is 395 g/mol. The highest BCUT2D eigenvalue weighted by Crippen LogP contribution is 2.33. The number of aliphatic hydroxyl groups is 2. The Hall–Kier alpha value is -1.40. The molecule has 0 aliphatic carbocycles. The fourth-order valence-corrected chi connectivity index (χ4v) is 6.47. The minimum Gasteiger partial charge on any atom is -0.497 e. The van der Waals surface area contributed by atoms with E-state index in [0.29, 0.717) is 0 Å². The third-order valence-electron chi connectivity index (χ3n) is 3.94. The highest BCUT2D eigenvalue weighted by Gasteiger charge is 2.45. The molecular formula is C14H21NO8S2. The maximum absolute atomic E-state index is 13.1. The van der Waals surface area contributed by atoms with Crippen LogP contribution in [-0.4, -0.2) is 82.4 Å². The molecule has 0 amide bonds. The molecule has 2 N–H and O–H groups in total. The average Bonchev–Trinajstić information content (AvgIpc) is 2.84. The summed E-state index contributed by atoms with van der Waals surface area (Å²) in [6, 6.07) is 2.99. The van der Waals surface area contributed by atoms with Crippen molar-refractivity contribution in [3.05, 3.63) is 18.2 Å². The highest BCUT2D eigenvalue weighted by molar-refractivity contribution is 7.92. The standard InChI is InChI=1S/C14H21NO8S2/c1-22-10-3-4-13(23-2)14(7-10)25(20,21)15(5-6-16)11-8-24(18,19)9-12(11)17/h3-4,7,11-12,16-17H,5-6,8-9H2,1-2H3/t11-,12-/m0/s1. The van der Waals surface area contributed by atoms with E-state index in [2.05, 4.69) is 0 Å². The number of nitrogens with zero attached hydrogens (tertiary/aromatic N) is 1. The van der Waals surface area contributed by atoms with Gasteiger partial charge in [-0.1, -0.05) is 0 Å². The first kappa shape index (κ1) is 19.9. The van der Waals surface area contributed by atoms with Gasteiger partial charge in [-0.2, -0.15) is 4.31 Å². The molecule has 142 valence electrons. The van der Waals surface area contributed by atoms with Crippen LogP contribution in [0, 0.1) is 0 Å². The van der Waals surface area contributed by atoms with Gasteiger partial charge in [-0.05, 0) is 12.1 Å². The van der Waals surface area contributed by atoms with Crippen LogP contribution in [0.2, 0.25) is 0 Å². The molecule has 25 heavy (non-hydrogen) atoms. The van der Waals surface area contributed by atoms with Gasteiger partial charge in [-0.15, -0.1) is 0 Å². The Morgan fingerprint density at radius 1 is 1.24 bits per heavy atom. The second-order valence-electron chi connectivity index (χ2n) is 5.57. The highest BCUT2D eigenvalue weighted by atomic mass is 32.2. The van der Waals surface area contributed by atoms with Crippen LogP contribution in [0.5, 0.6) is 11.5 Å². The summed E-state index contributed by atoms with van der Waals surface area (Å²) in [5, 5.41) is 19.3. The number of sulfonamides is 1. The van der Waals surface area contributed by atoms with Crippen molar-refractivity contribution in [2.45, 2.75) is 17.0 Å². The molecule has 9 nitrogen and oxygen atoms in total. The van der Waals surface area contributed by atoms with Crippen LogP contribution >= 0.6 is 0 Å². The Labute approximate surface area is 146 Å². The van der Waals surface area contributed by atoms with Gasteiger partial charge >= 0.3 is 0 Å². The molecule has 2 atom stereocenters. The summed E-state index contributed by atoms with van der Waals surface area (Å²) in [7, 11) is -5.16. The largest absolute Gasteiger partial charge is 0.497 e. The van der Waals surface area contributed by atoms with Crippen LogP contribution < -0.4 is 9.47 Å². The van der Waals surface area contributed by atoms with E-state index in [1.54, 1.807) is 0 Å². The molecule has 1 aliphatic rings. The fourth-order valence-electron chi connectivity index (χ4n) is 2.76. The number of rotatable bonds is 7. The molecule has 1 fully saturated rings. The van der Waals surface area contributed by atoms with E-state index < -0.39 is 50.1 Å². The summed E-state index contributed by atoms with van der Waals surface area (Å²) in [6.45, 7) is -0.894. The SMILES string of the molecule is COc1ccc(OC)c(S(=O)(=O)N(CCO)[C@H]2CS(=O)(=O)C[C@@H]2O)c1. The summed E-state index contributed by atoms with van der Waals surface area (Å²) in [5.74, 6) is -0.730. The molecule has 0 aromatic heterocycles. The molecule has 0 spiro atoms. The van der Waals surface area contributed by atoms with Gasteiger partial charge in [-0.3, -0.25) is 0 Å². The number of hydrogen-bond acceptors (Lipinski definition) is 8. The normalized spacial score (nSPS) is 22.9. The van der Waals surface area contributed by atoms with Gasteiger partial charge in [0, 0.05) is 12.6 Å². The van der Waals surface area contributed by atoms with Gasteiger partial charge in [0.2, 0.25) is 10.0 Å². The topological polar surface area (TPSA) is 130 Å². The average molecular weight is 395 g/mol. The maximum atomic E-state index is 13.1. The summed E-state index contributed by atoms with van der Waals surface area (Å²) in [5.41, 5.74) is 0. The van der Waals surface area contributed by atoms with Gasteiger partial charge < -0.3 is 19.7 Å². The first-order chi connectivity index (χ1) is 11.7. The number of aliphatic hydroxyl groups excluding tert-OH is 2. The Bertz CT molecular complexity index is 821. The van der Waals surface area contributed by atoms with Crippen molar-refractivity contribution in [1.82, 2.24) is 4.31 Å². The fraction of sp³-hybridized carbons (Fsp3) is 0.571. The van der Waals surface area contributed by atoms with Gasteiger partial charge in [-0.25, -0.2) is 16.8 Å². The molecule has 1 aromatic carbocycles. The maximum Gasteiger partial charge on any atom is 0.247 e. The molecule has 1 aliphatic heterocycles. The molecule has 0 bridgehead atoms. The molecular weight excluding hydrogens is 374 g/mol. The summed E-state index contributed by atoms with van der Waals surface area (Å²) in [6.07, 6.45) is -1.37. The summed E-state index contributed by atoms with van der Waals surface area (Å²) in [4.78, 5) is -0.237. The zero-order chi connectivity index (χ0) is 18.8. The van der Waals surface area contributed by atoms with Crippen LogP contribution in [-0.2, 0) is 19.9 Å². The summed E-state index contributed by atoms with van der Waals surface area (Å²) >= 11 is 0. The van der Waals surface area contributed by atoms with Crippen molar-refractivity contribution >= 4 is 19.9 Å². The Morgan fingerprint density at radius 2 is 1.92 bits per heavy atom.